The minimum Gasteiger partial charge on any atom is -0.493 e. The summed E-state index contributed by atoms with van der Waals surface area (Å²) in [6, 6.07) is 3.55. The van der Waals surface area contributed by atoms with Crippen LogP contribution < -0.4 is 14.8 Å². The number of halogens is 1. The van der Waals surface area contributed by atoms with E-state index in [0.717, 1.165) is 5.56 Å². The lowest BCUT2D eigenvalue weighted by Crippen LogP contribution is -2.09. The fourth-order valence-corrected chi connectivity index (χ4v) is 2.01. The summed E-state index contributed by atoms with van der Waals surface area (Å²) in [7, 11) is 3.42. The lowest BCUT2D eigenvalue weighted by molar-refractivity contribution is 0.258. The van der Waals surface area contributed by atoms with Crippen molar-refractivity contribution in [3.63, 3.8) is 0 Å². The van der Waals surface area contributed by atoms with Gasteiger partial charge in [0.2, 0.25) is 0 Å². The summed E-state index contributed by atoms with van der Waals surface area (Å²) >= 11 is 6.06. The van der Waals surface area contributed by atoms with Crippen LogP contribution in [0.15, 0.2) is 16.8 Å². The Morgan fingerprint density at radius 1 is 1.35 bits per heavy atom. The fourth-order valence-electron chi connectivity index (χ4n) is 1.78. The van der Waals surface area contributed by atoms with Crippen LogP contribution in [-0.4, -0.2) is 24.5 Å². The van der Waals surface area contributed by atoms with E-state index in [4.69, 9.17) is 21.1 Å². The number of nitrogens with one attached hydrogen (secondary N) is 1. The minimum absolute atomic E-state index is 0.254. The van der Waals surface area contributed by atoms with E-state index in [1.165, 1.54) is 0 Å². The molecule has 1 N–H and O–H groups in total. The Hall–Kier alpha value is -1.79. The zero-order valence-electron chi connectivity index (χ0n) is 11.6. The van der Waals surface area contributed by atoms with Crippen LogP contribution >= 0.6 is 11.6 Å². The lowest BCUT2D eigenvalue weighted by atomic mass is 10.2. The molecule has 1 aromatic carbocycles. The topological polar surface area (TPSA) is 69.4 Å². The SMILES string of the molecule is CNCc1cc(Cl)cc(OC)c1OCc1nonc1C. The van der Waals surface area contributed by atoms with Crippen molar-refractivity contribution in [1.29, 1.82) is 0 Å². The van der Waals surface area contributed by atoms with Crippen LogP contribution in [0.5, 0.6) is 11.5 Å². The summed E-state index contributed by atoms with van der Waals surface area (Å²) in [6.07, 6.45) is 0. The summed E-state index contributed by atoms with van der Waals surface area (Å²) in [5, 5.41) is 11.2. The van der Waals surface area contributed by atoms with Gasteiger partial charge in [0.25, 0.3) is 0 Å². The largest absolute Gasteiger partial charge is 0.493 e. The Morgan fingerprint density at radius 3 is 2.75 bits per heavy atom. The highest BCUT2D eigenvalue weighted by atomic mass is 35.5. The van der Waals surface area contributed by atoms with Crippen molar-refractivity contribution in [3.8, 4) is 11.5 Å². The second-order valence-electron chi connectivity index (χ2n) is 4.21. The van der Waals surface area contributed by atoms with Gasteiger partial charge in [0, 0.05) is 23.2 Å². The number of rotatable bonds is 6. The Kier molecular flexibility index (Phi) is 4.81. The zero-order valence-corrected chi connectivity index (χ0v) is 12.3. The normalized spacial score (nSPS) is 10.6. The first-order chi connectivity index (χ1) is 9.65. The number of ether oxygens (including phenoxy) is 2. The Labute approximate surface area is 122 Å². The third-order valence-corrected chi connectivity index (χ3v) is 3.00. The molecule has 0 fully saturated rings. The molecule has 0 saturated heterocycles. The van der Waals surface area contributed by atoms with Gasteiger partial charge in [0.15, 0.2) is 11.5 Å². The van der Waals surface area contributed by atoms with Gasteiger partial charge in [-0.2, -0.15) is 0 Å². The second kappa shape index (κ2) is 6.58. The lowest BCUT2D eigenvalue weighted by Gasteiger charge is -2.15. The highest BCUT2D eigenvalue weighted by Gasteiger charge is 2.14. The van der Waals surface area contributed by atoms with E-state index < -0.39 is 0 Å². The summed E-state index contributed by atoms with van der Waals surface area (Å²) in [6.45, 7) is 2.68. The molecule has 6 nitrogen and oxygen atoms in total. The first kappa shape index (κ1) is 14.6. The molecule has 108 valence electrons. The van der Waals surface area contributed by atoms with Crippen LogP contribution in [0.2, 0.25) is 5.02 Å². The van der Waals surface area contributed by atoms with Crippen LogP contribution in [0.4, 0.5) is 0 Å². The van der Waals surface area contributed by atoms with Gasteiger partial charge in [-0.3, -0.25) is 0 Å². The van der Waals surface area contributed by atoms with Crippen molar-refractivity contribution in [1.82, 2.24) is 15.6 Å². The van der Waals surface area contributed by atoms with E-state index >= 15 is 0 Å². The average molecular weight is 298 g/mol. The molecule has 0 aliphatic carbocycles. The van der Waals surface area contributed by atoms with E-state index in [-0.39, 0.29) is 6.61 Å². The number of hydrogen-bond donors (Lipinski definition) is 1. The quantitative estimate of drug-likeness (QED) is 0.882. The first-order valence-electron chi connectivity index (χ1n) is 6.07. The third kappa shape index (κ3) is 3.20. The van der Waals surface area contributed by atoms with Crippen molar-refractivity contribution < 1.29 is 14.1 Å². The van der Waals surface area contributed by atoms with Crippen LogP contribution in [0.25, 0.3) is 0 Å². The van der Waals surface area contributed by atoms with Crippen LogP contribution in [0.3, 0.4) is 0 Å². The summed E-state index contributed by atoms with van der Waals surface area (Å²) in [5.41, 5.74) is 2.26. The van der Waals surface area contributed by atoms with Crippen molar-refractivity contribution in [3.05, 3.63) is 34.1 Å². The van der Waals surface area contributed by atoms with Crippen molar-refractivity contribution in [2.75, 3.05) is 14.2 Å². The molecule has 0 bridgehead atoms. The molecule has 2 rings (SSSR count). The van der Waals surface area contributed by atoms with E-state index in [2.05, 4.69) is 20.3 Å². The molecule has 0 spiro atoms. The van der Waals surface area contributed by atoms with Gasteiger partial charge in [-0.1, -0.05) is 21.9 Å². The van der Waals surface area contributed by atoms with Gasteiger partial charge in [0.1, 0.15) is 18.0 Å². The molecule has 20 heavy (non-hydrogen) atoms. The van der Waals surface area contributed by atoms with Crippen LogP contribution in [0, 0.1) is 6.92 Å². The summed E-state index contributed by atoms with van der Waals surface area (Å²) in [5.74, 6) is 1.21. The van der Waals surface area contributed by atoms with E-state index in [9.17, 15) is 0 Å². The predicted molar refractivity (Wildman–Crippen MR) is 74.1 cm³/mol. The summed E-state index contributed by atoms with van der Waals surface area (Å²) < 4.78 is 15.8. The minimum atomic E-state index is 0.254. The van der Waals surface area contributed by atoms with E-state index in [1.54, 1.807) is 13.2 Å². The molecule has 0 atom stereocenters. The van der Waals surface area contributed by atoms with Gasteiger partial charge in [-0.15, -0.1) is 0 Å². The first-order valence-corrected chi connectivity index (χ1v) is 6.45. The number of benzene rings is 1. The number of aryl methyl sites for hydroxylation is 1. The predicted octanol–water partition coefficient (Wildman–Crippen LogP) is 2.34. The number of hydrogen-bond acceptors (Lipinski definition) is 6. The van der Waals surface area contributed by atoms with Crippen LogP contribution in [0.1, 0.15) is 17.0 Å². The van der Waals surface area contributed by atoms with Gasteiger partial charge < -0.3 is 14.8 Å². The second-order valence-corrected chi connectivity index (χ2v) is 4.65. The number of nitrogens with zero attached hydrogens (tertiary/aromatic N) is 2. The van der Waals surface area contributed by atoms with E-state index in [1.807, 2.05) is 20.0 Å². The smallest absolute Gasteiger partial charge is 0.166 e. The zero-order chi connectivity index (χ0) is 14.5. The highest BCUT2D eigenvalue weighted by Crippen LogP contribution is 2.35. The monoisotopic (exact) mass is 297 g/mol. The molecule has 1 heterocycles. The van der Waals surface area contributed by atoms with E-state index in [0.29, 0.717) is 34.5 Å². The van der Waals surface area contributed by atoms with Gasteiger partial charge in [0.05, 0.1) is 7.11 Å². The summed E-state index contributed by atoms with van der Waals surface area (Å²) in [4.78, 5) is 0. The molecule has 0 unspecified atom stereocenters. The van der Waals surface area contributed by atoms with Crippen LogP contribution in [-0.2, 0) is 13.2 Å². The maximum absolute atomic E-state index is 6.06. The molecule has 0 aliphatic rings. The molecule has 0 saturated carbocycles. The molecular formula is C13H16ClN3O3. The van der Waals surface area contributed by atoms with Gasteiger partial charge >= 0.3 is 0 Å². The molecule has 1 aromatic heterocycles. The molecule has 7 heteroatoms. The average Bonchev–Trinajstić information content (AvgIpc) is 2.83. The highest BCUT2D eigenvalue weighted by molar-refractivity contribution is 6.30. The van der Waals surface area contributed by atoms with Crippen molar-refractivity contribution in [2.24, 2.45) is 0 Å². The third-order valence-electron chi connectivity index (χ3n) is 2.78. The Balaban J connectivity index is 2.26. The van der Waals surface area contributed by atoms with Gasteiger partial charge in [-0.25, -0.2) is 4.63 Å². The Bertz CT molecular complexity index is 586. The number of methoxy groups -OCH3 is 1. The Morgan fingerprint density at radius 2 is 2.15 bits per heavy atom. The maximum atomic E-state index is 6.06. The molecule has 2 aromatic rings. The molecular weight excluding hydrogens is 282 g/mol. The molecule has 0 amide bonds. The van der Waals surface area contributed by atoms with Gasteiger partial charge in [-0.05, 0) is 20.0 Å². The number of aromatic nitrogens is 2. The maximum Gasteiger partial charge on any atom is 0.166 e. The molecule has 0 radical (unpaired) electrons. The van der Waals surface area contributed by atoms with Crippen molar-refractivity contribution >= 4 is 11.6 Å². The van der Waals surface area contributed by atoms with Crippen molar-refractivity contribution in [2.45, 2.75) is 20.1 Å². The fraction of sp³-hybridized carbons (Fsp3) is 0.385. The standard InChI is InChI=1S/C13H16ClN3O3/c1-8-11(17-20-16-8)7-19-13-9(6-15-2)4-10(14)5-12(13)18-3/h4-5,15H,6-7H2,1-3H3. The molecule has 0 aliphatic heterocycles.